The molecule has 0 saturated carbocycles. The predicted octanol–water partition coefficient (Wildman–Crippen LogP) is -1.57. The van der Waals surface area contributed by atoms with Gasteiger partial charge in [0.1, 0.15) is 0 Å². The Morgan fingerprint density at radius 1 is 1.18 bits per heavy atom. The van der Waals surface area contributed by atoms with Gasteiger partial charge in [-0.1, -0.05) is 0 Å². The van der Waals surface area contributed by atoms with Crippen molar-refractivity contribution in [3.8, 4) is 0 Å². The molecule has 0 radical (unpaired) electrons. The molecule has 1 heterocycles. The molecule has 48 valence electrons. The number of aromatic nitrogens is 2. The van der Waals surface area contributed by atoms with Crippen molar-refractivity contribution in [2.45, 2.75) is 0 Å². The summed E-state index contributed by atoms with van der Waals surface area (Å²) in [5, 5.41) is 0. The average Bonchev–Trinajstić information content (AvgIpc) is 2.05. The Hall–Kier alpha value is -0.843. The molecule has 0 bridgehead atoms. The van der Waals surface area contributed by atoms with Crippen molar-refractivity contribution in [3.63, 3.8) is 0 Å². The van der Waals surface area contributed by atoms with E-state index >= 15 is 0 Å². The minimum Gasteiger partial charge on any atom is -0.318 e. The minimum atomic E-state index is 0. The Morgan fingerprint density at radius 2 is 2.00 bits per heavy atom. The Labute approximate surface area is 76.8 Å². The van der Waals surface area contributed by atoms with E-state index < -0.39 is 0 Å². The smallest absolute Gasteiger partial charge is 0.318 e. The van der Waals surface area contributed by atoms with E-state index in [9.17, 15) is 0 Å². The van der Waals surface area contributed by atoms with Gasteiger partial charge in [0.15, 0.2) is 0 Å². The van der Waals surface area contributed by atoms with Crippen LogP contribution in [0.2, 0.25) is 0 Å². The van der Waals surface area contributed by atoms with Crippen LogP contribution in [0.3, 0.4) is 0 Å². The van der Waals surface area contributed by atoms with Crippen molar-refractivity contribution >= 4 is 11.0 Å². The maximum Gasteiger partial charge on any atom is 1.00 e. The van der Waals surface area contributed by atoms with E-state index in [0.717, 1.165) is 11.0 Å². The zero-order chi connectivity index (χ0) is 6.81. The van der Waals surface area contributed by atoms with Crippen LogP contribution in [0.1, 0.15) is 0 Å². The van der Waals surface area contributed by atoms with Crippen LogP contribution >= 0.6 is 0 Å². The second-order valence-electron chi connectivity index (χ2n) is 1.96. The molecular weight excluding hydrogens is 131 g/mol. The summed E-state index contributed by atoms with van der Waals surface area (Å²) in [6.45, 7) is 0. The van der Waals surface area contributed by atoms with Gasteiger partial charge in [-0.05, 0) is 11.0 Å². The molecule has 0 amide bonds. The summed E-state index contributed by atoms with van der Waals surface area (Å²) in [6.07, 6.45) is 3.34. The van der Waals surface area contributed by atoms with Gasteiger partial charge in [-0.3, -0.25) is 4.98 Å². The molecule has 2 aromatic rings. The quantitative estimate of drug-likeness (QED) is 0.323. The summed E-state index contributed by atoms with van der Waals surface area (Å²) < 4.78 is 0. The molecule has 0 saturated heterocycles. The summed E-state index contributed by atoms with van der Waals surface area (Å²) >= 11 is 0. The van der Waals surface area contributed by atoms with E-state index in [0.29, 0.717) is 0 Å². The third-order valence-electron chi connectivity index (χ3n) is 1.30. The molecule has 0 fully saturated rings. The molecular formula is C8H5LiN2. The monoisotopic (exact) mass is 136 g/mol. The summed E-state index contributed by atoms with van der Waals surface area (Å²) in [6, 6.07) is 8.62. The standard InChI is InChI=1S/C8H5N2.Li/c1-2-4-8-7(3-1)9-5-6-10-8;/h1-3,5-6H;/q-1;+1. The van der Waals surface area contributed by atoms with Crippen LogP contribution < -0.4 is 18.9 Å². The number of nitrogens with zero attached hydrogens (tertiary/aromatic N) is 2. The largest absolute Gasteiger partial charge is 1.00 e. The number of para-hydroxylation sites is 1. The minimum absolute atomic E-state index is 0. The fourth-order valence-corrected chi connectivity index (χ4v) is 0.848. The van der Waals surface area contributed by atoms with Crippen molar-refractivity contribution < 1.29 is 18.9 Å². The van der Waals surface area contributed by atoms with E-state index in [-0.39, 0.29) is 18.9 Å². The maximum absolute atomic E-state index is 4.09. The van der Waals surface area contributed by atoms with Gasteiger partial charge < -0.3 is 4.98 Å². The molecule has 11 heavy (non-hydrogen) atoms. The van der Waals surface area contributed by atoms with Gasteiger partial charge in [-0.25, -0.2) is 0 Å². The van der Waals surface area contributed by atoms with Crippen LogP contribution in [0.5, 0.6) is 0 Å². The topological polar surface area (TPSA) is 25.8 Å². The van der Waals surface area contributed by atoms with Gasteiger partial charge >= 0.3 is 18.9 Å². The van der Waals surface area contributed by atoms with Gasteiger partial charge in [-0.15, -0.1) is 6.07 Å². The van der Waals surface area contributed by atoms with Crippen LogP contribution in [-0.4, -0.2) is 9.97 Å². The number of hydrogen-bond acceptors (Lipinski definition) is 2. The van der Waals surface area contributed by atoms with E-state index in [1.807, 2.05) is 18.2 Å². The number of benzene rings is 1. The third kappa shape index (κ3) is 1.59. The first-order chi connectivity index (χ1) is 4.97. The Bertz CT molecular complexity index is 283. The molecule has 2 nitrogen and oxygen atoms in total. The van der Waals surface area contributed by atoms with Crippen LogP contribution in [0, 0.1) is 6.07 Å². The number of hydrogen-bond donors (Lipinski definition) is 0. The first-order valence-corrected chi connectivity index (χ1v) is 3.04. The summed E-state index contributed by atoms with van der Waals surface area (Å²) in [4.78, 5) is 8.15. The molecule has 0 aliphatic rings. The van der Waals surface area contributed by atoms with Gasteiger partial charge in [0.25, 0.3) is 0 Å². The maximum atomic E-state index is 4.09. The summed E-state index contributed by atoms with van der Waals surface area (Å²) in [7, 11) is 0. The molecule has 0 N–H and O–H groups in total. The van der Waals surface area contributed by atoms with E-state index in [1.54, 1.807) is 12.4 Å². The van der Waals surface area contributed by atoms with Crippen LogP contribution in [0.25, 0.3) is 11.0 Å². The number of rotatable bonds is 0. The first kappa shape index (κ1) is 8.26. The molecule has 1 aromatic heterocycles. The van der Waals surface area contributed by atoms with Gasteiger partial charge in [0.05, 0.1) is 0 Å². The van der Waals surface area contributed by atoms with Crippen LogP contribution in [0.4, 0.5) is 0 Å². The number of fused-ring (bicyclic) bond motifs is 1. The van der Waals surface area contributed by atoms with E-state index in [2.05, 4.69) is 16.0 Å². The van der Waals surface area contributed by atoms with Crippen LogP contribution in [0.15, 0.2) is 30.6 Å². The van der Waals surface area contributed by atoms with E-state index in [4.69, 9.17) is 0 Å². The van der Waals surface area contributed by atoms with Crippen molar-refractivity contribution in [1.29, 1.82) is 0 Å². The van der Waals surface area contributed by atoms with Crippen molar-refractivity contribution in [3.05, 3.63) is 36.7 Å². The van der Waals surface area contributed by atoms with Crippen molar-refractivity contribution in [1.82, 2.24) is 9.97 Å². The average molecular weight is 136 g/mol. The van der Waals surface area contributed by atoms with Crippen molar-refractivity contribution in [2.24, 2.45) is 0 Å². The van der Waals surface area contributed by atoms with Gasteiger partial charge in [0, 0.05) is 12.4 Å². The first-order valence-electron chi connectivity index (χ1n) is 3.04. The van der Waals surface area contributed by atoms with Crippen LogP contribution in [-0.2, 0) is 0 Å². The van der Waals surface area contributed by atoms with Gasteiger partial charge in [-0.2, -0.15) is 18.2 Å². The molecule has 0 atom stereocenters. The Balaban J connectivity index is 0.000000605. The van der Waals surface area contributed by atoms with Gasteiger partial charge in [0.2, 0.25) is 0 Å². The zero-order valence-electron chi connectivity index (χ0n) is 6.28. The molecule has 3 heteroatoms. The third-order valence-corrected chi connectivity index (χ3v) is 1.30. The Morgan fingerprint density at radius 3 is 2.82 bits per heavy atom. The fourth-order valence-electron chi connectivity index (χ4n) is 0.848. The second kappa shape index (κ2) is 3.52. The van der Waals surface area contributed by atoms with Crippen molar-refractivity contribution in [2.75, 3.05) is 0 Å². The Kier molecular flexibility index (Phi) is 2.64. The molecule has 0 unspecified atom stereocenters. The van der Waals surface area contributed by atoms with E-state index in [1.165, 1.54) is 0 Å². The predicted molar refractivity (Wildman–Crippen MR) is 38.4 cm³/mol. The summed E-state index contributed by atoms with van der Waals surface area (Å²) in [5.41, 5.74) is 1.72. The molecule has 0 spiro atoms. The molecule has 0 aliphatic carbocycles. The molecule has 0 aliphatic heterocycles. The molecule has 2 rings (SSSR count). The zero-order valence-corrected chi connectivity index (χ0v) is 6.28. The SMILES string of the molecule is [Li+].[c-]1cccc2nccnc12. The normalized spacial score (nSPS) is 9.09. The fraction of sp³-hybridized carbons (Fsp3) is 0. The summed E-state index contributed by atoms with van der Waals surface area (Å²) in [5.74, 6) is 0. The second-order valence-corrected chi connectivity index (χ2v) is 1.96. The molecule has 1 aromatic carbocycles.